The first kappa shape index (κ1) is 10.3. The van der Waals surface area contributed by atoms with Crippen LogP contribution in [0.4, 0.5) is 0 Å². The second-order valence-electron chi connectivity index (χ2n) is 4.72. The number of hydrogen-bond donors (Lipinski definition) is 0. The van der Waals surface area contributed by atoms with E-state index in [2.05, 4.69) is 32.9 Å². The molecule has 1 aliphatic rings. The zero-order chi connectivity index (χ0) is 9.90. The van der Waals surface area contributed by atoms with Gasteiger partial charge in [0.25, 0.3) is 0 Å². The lowest BCUT2D eigenvalue weighted by Crippen LogP contribution is -2.27. The zero-order valence-electron chi connectivity index (χ0n) is 8.93. The maximum absolute atomic E-state index is 8.58. The molecule has 1 rings (SSSR count). The van der Waals surface area contributed by atoms with Crippen molar-refractivity contribution >= 4 is 0 Å². The first-order valence-electron chi connectivity index (χ1n) is 5.11. The van der Waals surface area contributed by atoms with Crippen molar-refractivity contribution in [2.24, 2.45) is 11.3 Å². The molecule has 1 nitrogen and oxygen atoms in total. The molecule has 1 aliphatic carbocycles. The van der Waals surface area contributed by atoms with Gasteiger partial charge in [0.05, 0.1) is 6.07 Å². The summed E-state index contributed by atoms with van der Waals surface area (Å²) in [5.41, 5.74) is 1.89. The quantitative estimate of drug-likeness (QED) is 0.590. The summed E-state index contributed by atoms with van der Waals surface area (Å²) >= 11 is 0. The number of hydrogen-bond acceptors (Lipinski definition) is 1. The van der Waals surface area contributed by atoms with Crippen molar-refractivity contribution in [2.75, 3.05) is 0 Å². The predicted octanol–water partition coefficient (Wildman–Crippen LogP) is 3.67. The summed E-state index contributed by atoms with van der Waals surface area (Å²) in [6.07, 6.45) is 6.54. The van der Waals surface area contributed by atoms with Crippen molar-refractivity contribution in [1.82, 2.24) is 0 Å². The zero-order valence-corrected chi connectivity index (χ0v) is 8.93. The van der Waals surface area contributed by atoms with Gasteiger partial charge < -0.3 is 0 Å². The Balaban J connectivity index is 2.70. The molecule has 0 radical (unpaired) electrons. The summed E-state index contributed by atoms with van der Waals surface area (Å²) in [4.78, 5) is 0. The first-order valence-corrected chi connectivity index (χ1v) is 5.11. The monoisotopic (exact) mass is 177 g/mol. The summed E-state index contributed by atoms with van der Waals surface area (Å²) in [6, 6.07) is 2.25. The lowest BCUT2D eigenvalue weighted by Gasteiger charge is -2.38. The van der Waals surface area contributed by atoms with E-state index in [1.165, 1.54) is 18.4 Å². The fraction of sp³-hybridized carbons (Fsp3) is 0.750. The van der Waals surface area contributed by atoms with Crippen LogP contribution in [0.25, 0.3) is 0 Å². The summed E-state index contributed by atoms with van der Waals surface area (Å²) in [6.45, 7) is 6.86. The average molecular weight is 177 g/mol. The molecule has 0 bridgehead atoms. The van der Waals surface area contributed by atoms with E-state index in [-0.39, 0.29) is 0 Å². The van der Waals surface area contributed by atoms with Crippen LogP contribution in [-0.4, -0.2) is 0 Å². The third-order valence-electron chi connectivity index (χ3n) is 3.29. The molecule has 0 aliphatic heterocycles. The Morgan fingerprint density at radius 3 is 2.85 bits per heavy atom. The highest BCUT2D eigenvalue weighted by molar-refractivity contribution is 5.12. The van der Waals surface area contributed by atoms with E-state index in [9.17, 15) is 0 Å². The molecule has 0 aromatic carbocycles. The molecule has 0 saturated carbocycles. The fourth-order valence-electron chi connectivity index (χ4n) is 2.43. The molecule has 0 amide bonds. The summed E-state index contributed by atoms with van der Waals surface area (Å²) < 4.78 is 0. The molecular weight excluding hydrogens is 158 g/mol. The van der Waals surface area contributed by atoms with Crippen LogP contribution in [-0.2, 0) is 0 Å². The molecule has 0 spiro atoms. The van der Waals surface area contributed by atoms with Crippen molar-refractivity contribution in [1.29, 1.82) is 5.26 Å². The SMILES string of the molecule is CC1=CCCC(C)(C)[C@H]1CCC#N. The Morgan fingerprint density at radius 2 is 2.31 bits per heavy atom. The molecule has 72 valence electrons. The molecule has 13 heavy (non-hydrogen) atoms. The number of nitrogens with zero attached hydrogens (tertiary/aromatic N) is 1. The lowest BCUT2D eigenvalue weighted by molar-refractivity contribution is 0.205. The lowest BCUT2D eigenvalue weighted by atomic mass is 9.67. The van der Waals surface area contributed by atoms with E-state index >= 15 is 0 Å². The summed E-state index contributed by atoms with van der Waals surface area (Å²) in [5.74, 6) is 0.626. The van der Waals surface area contributed by atoms with Crippen molar-refractivity contribution in [3.05, 3.63) is 11.6 Å². The van der Waals surface area contributed by atoms with Gasteiger partial charge in [-0.05, 0) is 37.5 Å². The minimum absolute atomic E-state index is 0.398. The maximum atomic E-state index is 8.58. The number of allylic oxidation sites excluding steroid dienone is 2. The van der Waals surface area contributed by atoms with Crippen LogP contribution >= 0.6 is 0 Å². The number of nitriles is 1. The van der Waals surface area contributed by atoms with Crippen LogP contribution in [0.2, 0.25) is 0 Å². The molecule has 0 fully saturated rings. The van der Waals surface area contributed by atoms with Gasteiger partial charge in [-0.2, -0.15) is 5.26 Å². The summed E-state index contributed by atoms with van der Waals surface area (Å²) in [5, 5.41) is 8.58. The van der Waals surface area contributed by atoms with Crippen LogP contribution in [0.3, 0.4) is 0 Å². The largest absolute Gasteiger partial charge is 0.198 e. The maximum Gasteiger partial charge on any atom is 0.0621 e. The van der Waals surface area contributed by atoms with Gasteiger partial charge in [-0.3, -0.25) is 0 Å². The Morgan fingerprint density at radius 1 is 1.62 bits per heavy atom. The Hall–Kier alpha value is -0.770. The first-order chi connectivity index (χ1) is 6.08. The Bertz CT molecular complexity index is 242. The van der Waals surface area contributed by atoms with Gasteiger partial charge in [-0.15, -0.1) is 0 Å². The van der Waals surface area contributed by atoms with Gasteiger partial charge in [-0.25, -0.2) is 0 Å². The molecule has 1 heteroatoms. The molecule has 0 saturated heterocycles. The molecule has 0 unspecified atom stereocenters. The van der Waals surface area contributed by atoms with Crippen molar-refractivity contribution in [3.8, 4) is 6.07 Å². The van der Waals surface area contributed by atoms with E-state index in [0.717, 1.165) is 6.42 Å². The van der Waals surface area contributed by atoms with Crippen LogP contribution in [0.5, 0.6) is 0 Å². The third-order valence-corrected chi connectivity index (χ3v) is 3.29. The van der Waals surface area contributed by atoms with E-state index in [1.807, 2.05) is 0 Å². The fourth-order valence-corrected chi connectivity index (χ4v) is 2.43. The standard InChI is InChI=1S/C12H19N/c1-10-6-4-8-12(2,3)11(10)7-5-9-13/h6,11H,4-5,7-8H2,1-3H3/t11-/m0/s1. The van der Waals surface area contributed by atoms with Crippen molar-refractivity contribution in [2.45, 2.75) is 46.5 Å². The molecule has 0 aromatic heterocycles. The number of rotatable bonds is 2. The van der Waals surface area contributed by atoms with Crippen LogP contribution in [0.1, 0.15) is 46.5 Å². The van der Waals surface area contributed by atoms with Gasteiger partial charge >= 0.3 is 0 Å². The molecule has 1 atom stereocenters. The predicted molar refractivity (Wildman–Crippen MR) is 55.1 cm³/mol. The van der Waals surface area contributed by atoms with Crippen molar-refractivity contribution < 1.29 is 0 Å². The highest BCUT2D eigenvalue weighted by atomic mass is 14.4. The minimum atomic E-state index is 0.398. The molecule has 0 N–H and O–H groups in total. The van der Waals surface area contributed by atoms with Crippen LogP contribution in [0.15, 0.2) is 11.6 Å². The second kappa shape index (κ2) is 3.96. The minimum Gasteiger partial charge on any atom is -0.198 e. The van der Waals surface area contributed by atoms with Gasteiger partial charge in [0.2, 0.25) is 0 Å². The van der Waals surface area contributed by atoms with Gasteiger partial charge in [-0.1, -0.05) is 25.5 Å². The Labute approximate surface area is 81.5 Å². The highest BCUT2D eigenvalue weighted by Crippen LogP contribution is 2.42. The normalized spacial score (nSPS) is 26.3. The van der Waals surface area contributed by atoms with Gasteiger partial charge in [0, 0.05) is 6.42 Å². The van der Waals surface area contributed by atoms with E-state index in [0.29, 0.717) is 17.8 Å². The van der Waals surface area contributed by atoms with Crippen LogP contribution in [0, 0.1) is 22.7 Å². The molecular formula is C12H19N. The van der Waals surface area contributed by atoms with Gasteiger partial charge in [0.15, 0.2) is 0 Å². The smallest absolute Gasteiger partial charge is 0.0621 e. The van der Waals surface area contributed by atoms with Gasteiger partial charge in [0.1, 0.15) is 0 Å². The van der Waals surface area contributed by atoms with E-state index in [4.69, 9.17) is 5.26 Å². The third kappa shape index (κ3) is 2.34. The average Bonchev–Trinajstić information content (AvgIpc) is 2.02. The summed E-state index contributed by atoms with van der Waals surface area (Å²) in [7, 11) is 0. The molecule has 0 aromatic rings. The van der Waals surface area contributed by atoms with Crippen LogP contribution < -0.4 is 0 Å². The second-order valence-corrected chi connectivity index (χ2v) is 4.72. The van der Waals surface area contributed by atoms with Crippen molar-refractivity contribution in [3.63, 3.8) is 0 Å². The van der Waals surface area contributed by atoms with E-state index in [1.54, 1.807) is 0 Å². The van der Waals surface area contributed by atoms with E-state index < -0.39 is 0 Å². The topological polar surface area (TPSA) is 23.8 Å². The molecule has 0 heterocycles. The highest BCUT2D eigenvalue weighted by Gasteiger charge is 2.31. The Kier molecular flexibility index (Phi) is 3.14.